The Hall–Kier alpha value is -1.07. The van der Waals surface area contributed by atoms with Gasteiger partial charge in [-0.25, -0.2) is 4.79 Å². The van der Waals surface area contributed by atoms with Gasteiger partial charge in [0.2, 0.25) is 0 Å². The standard InChI is InChI=1S/C8H13N3OS/c9-4-2-5-10-8(12)11-7-3-1-6-13-7/h1,3,6H,2,4-5,9H2,(H2,10,11,12). The SMILES string of the molecule is NCCCNC(=O)Nc1cccs1. The lowest BCUT2D eigenvalue weighted by molar-refractivity contribution is 0.252. The molecular weight excluding hydrogens is 186 g/mol. The van der Waals surface area contributed by atoms with Crippen LogP contribution in [-0.4, -0.2) is 19.1 Å². The minimum Gasteiger partial charge on any atom is -0.338 e. The van der Waals surface area contributed by atoms with E-state index in [1.54, 1.807) is 0 Å². The zero-order valence-electron chi connectivity index (χ0n) is 7.25. The number of nitrogens with two attached hydrogens (primary N) is 1. The molecule has 1 aromatic rings. The highest BCUT2D eigenvalue weighted by Crippen LogP contribution is 2.14. The summed E-state index contributed by atoms with van der Waals surface area (Å²) in [6, 6.07) is 3.57. The predicted octanol–water partition coefficient (Wildman–Crippen LogP) is 1.22. The number of thiophene rings is 1. The van der Waals surface area contributed by atoms with E-state index in [0.717, 1.165) is 11.4 Å². The summed E-state index contributed by atoms with van der Waals surface area (Å²) < 4.78 is 0. The van der Waals surface area contributed by atoms with E-state index in [1.165, 1.54) is 11.3 Å². The van der Waals surface area contributed by atoms with Gasteiger partial charge >= 0.3 is 6.03 Å². The third-order valence-corrected chi connectivity index (χ3v) is 2.21. The molecule has 0 aliphatic heterocycles. The van der Waals surface area contributed by atoms with Crippen molar-refractivity contribution in [3.05, 3.63) is 17.5 Å². The monoisotopic (exact) mass is 199 g/mol. The molecule has 0 aromatic carbocycles. The van der Waals surface area contributed by atoms with E-state index in [1.807, 2.05) is 17.5 Å². The van der Waals surface area contributed by atoms with Gasteiger partial charge in [-0.15, -0.1) is 11.3 Å². The van der Waals surface area contributed by atoms with Crippen molar-refractivity contribution in [3.63, 3.8) is 0 Å². The summed E-state index contributed by atoms with van der Waals surface area (Å²) in [5.74, 6) is 0. The van der Waals surface area contributed by atoms with Crippen LogP contribution in [0.5, 0.6) is 0 Å². The fourth-order valence-corrected chi connectivity index (χ4v) is 1.42. The molecule has 2 amide bonds. The number of carbonyl (C=O) groups excluding carboxylic acids is 1. The van der Waals surface area contributed by atoms with Crippen LogP contribution in [0.15, 0.2) is 17.5 Å². The second kappa shape index (κ2) is 5.55. The second-order valence-corrected chi connectivity index (χ2v) is 3.45. The summed E-state index contributed by atoms with van der Waals surface area (Å²) in [7, 11) is 0. The topological polar surface area (TPSA) is 67.1 Å². The zero-order chi connectivity index (χ0) is 9.52. The highest BCUT2D eigenvalue weighted by Gasteiger charge is 1.99. The molecule has 4 nitrogen and oxygen atoms in total. The Morgan fingerprint density at radius 2 is 2.46 bits per heavy atom. The molecular formula is C8H13N3OS. The van der Waals surface area contributed by atoms with Gasteiger partial charge in [0.1, 0.15) is 0 Å². The van der Waals surface area contributed by atoms with Gasteiger partial charge in [-0.2, -0.15) is 0 Å². The molecule has 0 spiro atoms. The number of anilines is 1. The highest BCUT2D eigenvalue weighted by molar-refractivity contribution is 7.14. The van der Waals surface area contributed by atoms with Gasteiger partial charge in [0.15, 0.2) is 0 Å². The maximum absolute atomic E-state index is 11.1. The van der Waals surface area contributed by atoms with E-state index < -0.39 is 0 Å². The molecule has 13 heavy (non-hydrogen) atoms. The summed E-state index contributed by atoms with van der Waals surface area (Å²) in [5, 5.41) is 8.17. The van der Waals surface area contributed by atoms with E-state index in [0.29, 0.717) is 13.1 Å². The first-order valence-corrected chi connectivity index (χ1v) is 4.99. The third kappa shape index (κ3) is 3.91. The van der Waals surface area contributed by atoms with Crippen molar-refractivity contribution in [1.82, 2.24) is 5.32 Å². The van der Waals surface area contributed by atoms with Gasteiger partial charge < -0.3 is 11.1 Å². The first-order chi connectivity index (χ1) is 6.33. The molecule has 4 N–H and O–H groups in total. The van der Waals surface area contributed by atoms with E-state index in [9.17, 15) is 4.79 Å². The highest BCUT2D eigenvalue weighted by atomic mass is 32.1. The van der Waals surface area contributed by atoms with E-state index in [4.69, 9.17) is 5.73 Å². The van der Waals surface area contributed by atoms with Crippen LogP contribution >= 0.6 is 11.3 Å². The Bertz CT molecular complexity index is 248. The van der Waals surface area contributed by atoms with E-state index >= 15 is 0 Å². The quantitative estimate of drug-likeness (QED) is 0.638. The molecule has 5 heteroatoms. The van der Waals surface area contributed by atoms with Gasteiger partial charge in [-0.05, 0) is 30.5 Å². The Labute approximate surface area is 81.1 Å². The van der Waals surface area contributed by atoms with Crippen molar-refractivity contribution in [3.8, 4) is 0 Å². The summed E-state index contributed by atoms with van der Waals surface area (Å²) in [4.78, 5) is 11.1. The van der Waals surface area contributed by atoms with Gasteiger partial charge in [0.25, 0.3) is 0 Å². The van der Waals surface area contributed by atoms with Crippen LogP contribution in [0.4, 0.5) is 9.80 Å². The Balaban J connectivity index is 2.18. The number of amides is 2. The molecule has 72 valence electrons. The van der Waals surface area contributed by atoms with Crippen molar-refractivity contribution in [2.24, 2.45) is 5.73 Å². The minimum absolute atomic E-state index is 0.170. The molecule has 1 heterocycles. The number of carbonyl (C=O) groups is 1. The molecule has 0 atom stereocenters. The summed E-state index contributed by atoms with van der Waals surface area (Å²) in [6.45, 7) is 1.22. The second-order valence-electron chi connectivity index (χ2n) is 2.50. The van der Waals surface area contributed by atoms with Crippen molar-refractivity contribution in [1.29, 1.82) is 0 Å². The molecule has 1 rings (SSSR count). The molecule has 0 unspecified atom stereocenters. The van der Waals surface area contributed by atoms with Crippen molar-refractivity contribution < 1.29 is 4.79 Å². The fraction of sp³-hybridized carbons (Fsp3) is 0.375. The molecule has 0 aliphatic rings. The van der Waals surface area contributed by atoms with Crippen molar-refractivity contribution >= 4 is 22.4 Å². The summed E-state index contributed by atoms with van der Waals surface area (Å²) >= 11 is 1.49. The van der Waals surface area contributed by atoms with Crippen LogP contribution in [0.25, 0.3) is 0 Å². The maximum Gasteiger partial charge on any atom is 0.319 e. The minimum atomic E-state index is -0.170. The number of hydrogen-bond acceptors (Lipinski definition) is 3. The van der Waals surface area contributed by atoms with Gasteiger partial charge in [0.05, 0.1) is 5.00 Å². The van der Waals surface area contributed by atoms with Crippen LogP contribution in [-0.2, 0) is 0 Å². The number of nitrogens with one attached hydrogen (secondary N) is 2. The normalized spacial score (nSPS) is 9.62. The van der Waals surface area contributed by atoms with Crippen LogP contribution in [0.2, 0.25) is 0 Å². The molecule has 0 radical (unpaired) electrons. The number of rotatable bonds is 4. The molecule has 1 aromatic heterocycles. The smallest absolute Gasteiger partial charge is 0.319 e. The zero-order valence-corrected chi connectivity index (χ0v) is 8.06. The molecule has 0 bridgehead atoms. The van der Waals surface area contributed by atoms with E-state index in [-0.39, 0.29) is 6.03 Å². The maximum atomic E-state index is 11.1. The molecule has 0 saturated carbocycles. The van der Waals surface area contributed by atoms with Gasteiger partial charge in [-0.1, -0.05) is 0 Å². The van der Waals surface area contributed by atoms with Crippen LogP contribution < -0.4 is 16.4 Å². The summed E-state index contributed by atoms with van der Waals surface area (Å²) in [6.07, 6.45) is 0.803. The molecule has 0 fully saturated rings. The Kier molecular flexibility index (Phi) is 4.28. The third-order valence-electron chi connectivity index (χ3n) is 1.42. The average molecular weight is 199 g/mol. The van der Waals surface area contributed by atoms with Crippen molar-refractivity contribution in [2.45, 2.75) is 6.42 Å². The lowest BCUT2D eigenvalue weighted by atomic mass is 10.4. The lowest BCUT2D eigenvalue weighted by Gasteiger charge is -2.04. The largest absolute Gasteiger partial charge is 0.338 e. The molecule has 0 saturated heterocycles. The first-order valence-electron chi connectivity index (χ1n) is 4.11. The average Bonchev–Trinajstić information content (AvgIpc) is 2.57. The van der Waals surface area contributed by atoms with Gasteiger partial charge in [0, 0.05) is 6.54 Å². The predicted molar refractivity (Wildman–Crippen MR) is 55.0 cm³/mol. The Morgan fingerprint density at radius 1 is 1.62 bits per heavy atom. The van der Waals surface area contributed by atoms with E-state index in [2.05, 4.69) is 10.6 Å². The lowest BCUT2D eigenvalue weighted by Crippen LogP contribution is -2.30. The van der Waals surface area contributed by atoms with Crippen LogP contribution in [0.3, 0.4) is 0 Å². The summed E-state index contributed by atoms with van der Waals surface area (Å²) in [5.41, 5.74) is 5.28. The fourth-order valence-electron chi connectivity index (χ4n) is 0.810. The van der Waals surface area contributed by atoms with Crippen LogP contribution in [0.1, 0.15) is 6.42 Å². The number of hydrogen-bond donors (Lipinski definition) is 3. The van der Waals surface area contributed by atoms with Crippen LogP contribution in [0, 0.1) is 0 Å². The Morgan fingerprint density at radius 3 is 3.08 bits per heavy atom. The first kappa shape index (κ1) is 10.0. The van der Waals surface area contributed by atoms with Crippen molar-refractivity contribution in [2.75, 3.05) is 18.4 Å². The number of urea groups is 1. The van der Waals surface area contributed by atoms with Gasteiger partial charge in [-0.3, -0.25) is 5.32 Å². The molecule has 0 aliphatic carbocycles.